The van der Waals surface area contributed by atoms with Crippen molar-refractivity contribution < 1.29 is 4.79 Å². The molecule has 0 spiro atoms. The third-order valence-corrected chi connectivity index (χ3v) is 3.20. The van der Waals surface area contributed by atoms with Crippen LogP contribution >= 0.6 is 0 Å². The number of hydrogen-bond donors (Lipinski definition) is 0. The van der Waals surface area contributed by atoms with Gasteiger partial charge in [0.25, 0.3) is 0 Å². The number of para-hydroxylation sites is 1. The largest absolute Gasteiger partial charge is 0.359 e. The van der Waals surface area contributed by atoms with Gasteiger partial charge in [0.1, 0.15) is 6.29 Å². The maximum atomic E-state index is 11.1. The van der Waals surface area contributed by atoms with Gasteiger partial charge in [0.2, 0.25) is 0 Å². The topological polar surface area (TPSA) is 20.3 Å². The second-order valence-electron chi connectivity index (χ2n) is 4.84. The van der Waals surface area contributed by atoms with Crippen LogP contribution in [0.5, 0.6) is 0 Å². The number of rotatable bonds is 2. The smallest absolute Gasteiger partial charge is 0.144 e. The third-order valence-electron chi connectivity index (χ3n) is 3.20. The van der Waals surface area contributed by atoms with Crippen LogP contribution in [0.1, 0.15) is 32.3 Å². The Morgan fingerprint density at radius 1 is 1.40 bits per heavy atom. The van der Waals surface area contributed by atoms with Gasteiger partial charge >= 0.3 is 0 Å². The van der Waals surface area contributed by atoms with Gasteiger partial charge in [-0.2, -0.15) is 0 Å². The highest BCUT2D eigenvalue weighted by atomic mass is 16.1. The second-order valence-corrected chi connectivity index (χ2v) is 4.84. The summed E-state index contributed by atoms with van der Waals surface area (Å²) in [6.45, 7) is 7.08. The SMILES string of the molecule is CC1CN(C(C)(C)C=O)c2ccccc21. The van der Waals surface area contributed by atoms with E-state index in [1.807, 2.05) is 19.9 Å². The zero-order chi connectivity index (χ0) is 11.1. The number of fused-ring (bicyclic) bond motifs is 1. The lowest BCUT2D eigenvalue weighted by Gasteiger charge is -2.33. The molecule has 2 rings (SSSR count). The molecule has 0 amide bonds. The Morgan fingerprint density at radius 3 is 2.73 bits per heavy atom. The number of anilines is 1. The minimum absolute atomic E-state index is 0.402. The van der Waals surface area contributed by atoms with Crippen molar-refractivity contribution in [1.82, 2.24) is 0 Å². The second kappa shape index (κ2) is 3.37. The molecule has 15 heavy (non-hydrogen) atoms. The molecule has 0 N–H and O–H groups in total. The maximum absolute atomic E-state index is 11.1. The molecule has 1 heterocycles. The van der Waals surface area contributed by atoms with Crippen LogP contribution in [-0.2, 0) is 4.79 Å². The molecule has 1 aliphatic rings. The van der Waals surface area contributed by atoms with Gasteiger partial charge in [0.15, 0.2) is 0 Å². The van der Waals surface area contributed by atoms with Crippen LogP contribution in [0, 0.1) is 0 Å². The fourth-order valence-corrected chi connectivity index (χ4v) is 2.23. The average Bonchev–Trinajstić information content (AvgIpc) is 2.58. The van der Waals surface area contributed by atoms with Crippen molar-refractivity contribution in [3.8, 4) is 0 Å². The molecule has 0 bridgehead atoms. The van der Waals surface area contributed by atoms with Gasteiger partial charge in [-0.1, -0.05) is 25.1 Å². The number of carbonyl (C=O) groups is 1. The van der Waals surface area contributed by atoms with Gasteiger partial charge in [-0.3, -0.25) is 0 Å². The summed E-state index contributed by atoms with van der Waals surface area (Å²) in [6.07, 6.45) is 1.03. The quantitative estimate of drug-likeness (QED) is 0.688. The fraction of sp³-hybridized carbons (Fsp3) is 0.462. The van der Waals surface area contributed by atoms with Gasteiger partial charge in [-0.05, 0) is 25.5 Å². The summed E-state index contributed by atoms with van der Waals surface area (Å²) >= 11 is 0. The molecular formula is C13H17NO. The summed E-state index contributed by atoms with van der Waals surface area (Å²) < 4.78 is 0. The van der Waals surface area contributed by atoms with Crippen molar-refractivity contribution in [2.75, 3.05) is 11.4 Å². The lowest BCUT2D eigenvalue weighted by Crippen LogP contribution is -2.44. The Kier molecular flexibility index (Phi) is 2.29. The van der Waals surface area contributed by atoms with Crippen LogP contribution in [0.15, 0.2) is 24.3 Å². The van der Waals surface area contributed by atoms with Crippen LogP contribution in [-0.4, -0.2) is 18.4 Å². The van der Waals surface area contributed by atoms with Crippen LogP contribution < -0.4 is 4.90 Å². The van der Waals surface area contributed by atoms with E-state index in [-0.39, 0.29) is 0 Å². The van der Waals surface area contributed by atoms with Crippen LogP contribution in [0.2, 0.25) is 0 Å². The van der Waals surface area contributed by atoms with E-state index in [0.717, 1.165) is 12.8 Å². The Hall–Kier alpha value is -1.31. The maximum Gasteiger partial charge on any atom is 0.144 e. The van der Waals surface area contributed by atoms with Gasteiger partial charge in [-0.25, -0.2) is 0 Å². The van der Waals surface area contributed by atoms with E-state index in [9.17, 15) is 4.79 Å². The molecule has 1 aromatic rings. The third kappa shape index (κ3) is 1.54. The van der Waals surface area contributed by atoms with E-state index in [4.69, 9.17) is 0 Å². The van der Waals surface area contributed by atoms with Crippen LogP contribution in [0.25, 0.3) is 0 Å². The van der Waals surface area contributed by atoms with E-state index in [1.54, 1.807) is 0 Å². The molecule has 0 saturated heterocycles. The summed E-state index contributed by atoms with van der Waals surface area (Å²) in [5.74, 6) is 0.514. The zero-order valence-corrected chi connectivity index (χ0v) is 9.53. The van der Waals surface area contributed by atoms with Gasteiger partial charge in [0, 0.05) is 18.2 Å². The number of hydrogen-bond acceptors (Lipinski definition) is 2. The molecular weight excluding hydrogens is 186 g/mol. The highest BCUT2D eigenvalue weighted by molar-refractivity contribution is 5.74. The number of nitrogens with zero attached hydrogens (tertiary/aromatic N) is 1. The predicted octanol–water partition coefficient (Wildman–Crippen LogP) is 2.59. The molecule has 2 nitrogen and oxygen atoms in total. The van der Waals surface area contributed by atoms with Crippen molar-refractivity contribution in [2.45, 2.75) is 32.2 Å². The number of benzene rings is 1. The van der Waals surface area contributed by atoms with E-state index >= 15 is 0 Å². The molecule has 0 radical (unpaired) electrons. The molecule has 0 aliphatic carbocycles. The highest BCUT2D eigenvalue weighted by Gasteiger charge is 2.34. The van der Waals surface area contributed by atoms with Crippen molar-refractivity contribution in [3.63, 3.8) is 0 Å². The summed E-state index contributed by atoms with van der Waals surface area (Å²) in [7, 11) is 0. The van der Waals surface area contributed by atoms with Crippen molar-refractivity contribution in [3.05, 3.63) is 29.8 Å². The first-order valence-corrected chi connectivity index (χ1v) is 5.39. The van der Waals surface area contributed by atoms with Gasteiger partial charge < -0.3 is 9.69 Å². The predicted molar refractivity (Wildman–Crippen MR) is 62.3 cm³/mol. The molecule has 1 aromatic carbocycles. The fourth-order valence-electron chi connectivity index (χ4n) is 2.23. The van der Waals surface area contributed by atoms with Crippen LogP contribution in [0.4, 0.5) is 5.69 Å². The zero-order valence-electron chi connectivity index (χ0n) is 9.53. The van der Waals surface area contributed by atoms with Crippen LogP contribution in [0.3, 0.4) is 0 Å². The van der Waals surface area contributed by atoms with Crippen molar-refractivity contribution >= 4 is 12.0 Å². The van der Waals surface area contributed by atoms with E-state index in [0.29, 0.717) is 5.92 Å². The number of aldehydes is 1. The molecule has 1 aliphatic heterocycles. The Labute approximate surface area is 90.9 Å². The summed E-state index contributed by atoms with van der Waals surface area (Å²) in [5.41, 5.74) is 2.16. The molecule has 0 aromatic heterocycles. The molecule has 1 unspecified atom stereocenters. The van der Waals surface area contributed by atoms with Gasteiger partial charge in [0.05, 0.1) is 5.54 Å². The standard InChI is InChI=1S/C13H17NO/c1-10-8-14(13(2,3)9-15)12-7-5-4-6-11(10)12/h4-7,9-10H,8H2,1-3H3. The Bertz CT molecular complexity index is 384. The monoisotopic (exact) mass is 203 g/mol. The minimum atomic E-state index is -0.402. The molecule has 2 heteroatoms. The highest BCUT2D eigenvalue weighted by Crippen LogP contribution is 2.39. The van der Waals surface area contributed by atoms with E-state index in [1.165, 1.54) is 11.3 Å². The van der Waals surface area contributed by atoms with E-state index < -0.39 is 5.54 Å². The first kappa shape index (κ1) is 10.2. The van der Waals surface area contributed by atoms with E-state index in [2.05, 4.69) is 30.0 Å². The first-order chi connectivity index (χ1) is 7.06. The molecule has 1 atom stereocenters. The lowest BCUT2D eigenvalue weighted by molar-refractivity contribution is -0.111. The Balaban J connectivity index is 2.45. The summed E-state index contributed by atoms with van der Waals surface area (Å²) in [6, 6.07) is 8.35. The number of carbonyl (C=O) groups excluding carboxylic acids is 1. The minimum Gasteiger partial charge on any atom is -0.359 e. The van der Waals surface area contributed by atoms with Gasteiger partial charge in [-0.15, -0.1) is 0 Å². The first-order valence-electron chi connectivity index (χ1n) is 5.39. The van der Waals surface area contributed by atoms with Crippen molar-refractivity contribution in [1.29, 1.82) is 0 Å². The molecule has 0 fully saturated rings. The molecule has 80 valence electrons. The summed E-state index contributed by atoms with van der Waals surface area (Å²) in [4.78, 5) is 13.3. The Morgan fingerprint density at radius 2 is 2.07 bits per heavy atom. The molecule has 0 saturated carbocycles. The summed E-state index contributed by atoms with van der Waals surface area (Å²) in [5, 5.41) is 0. The normalized spacial score (nSPS) is 20.2. The lowest BCUT2D eigenvalue weighted by atomic mass is 10.0. The van der Waals surface area contributed by atoms with Crippen molar-refractivity contribution in [2.24, 2.45) is 0 Å². The average molecular weight is 203 g/mol.